The van der Waals surface area contributed by atoms with Crippen LogP contribution in [0.1, 0.15) is 216 Å². The van der Waals surface area contributed by atoms with Crippen LogP contribution in [0.4, 0.5) is 0 Å². The molecule has 45 heteroatoms. The number of aliphatic hydroxyl groups is 1. The van der Waals surface area contributed by atoms with Gasteiger partial charge in [-0.1, -0.05) is 103 Å². The maximum absolute atomic E-state index is 14.4. The lowest BCUT2D eigenvalue weighted by Crippen LogP contribution is -2.63. The Labute approximate surface area is 728 Å². The minimum absolute atomic E-state index is 0.0477. The minimum Gasteiger partial charge on any atom is -0.481 e. The molecular weight excluding hydrogens is 1640 g/mol. The highest BCUT2D eigenvalue weighted by Gasteiger charge is 2.41. The van der Waals surface area contributed by atoms with E-state index in [2.05, 4.69) is 90.4 Å². The van der Waals surface area contributed by atoms with Gasteiger partial charge in [0.15, 0.2) is 0 Å². The van der Waals surface area contributed by atoms with Crippen molar-refractivity contribution in [1.82, 2.24) is 90.4 Å². The Hall–Kier alpha value is -11.2. The van der Waals surface area contributed by atoms with E-state index in [9.17, 15) is 121 Å². The molecule has 26 N–H and O–H groups in total. The van der Waals surface area contributed by atoms with Gasteiger partial charge in [0.25, 0.3) is 0 Å². The normalized spacial score (nSPS) is 16.2. The van der Waals surface area contributed by atoms with Crippen molar-refractivity contribution in [3.63, 3.8) is 0 Å². The van der Waals surface area contributed by atoms with Gasteiger partial charge in [-0.3, -0.25) is 95.9 Å². The van der Waals surface area contributed by atoms with Gasteiger partial charge in [-0.15, -0.1) is 0 Å². The van der Waals surface area contributed by atoms with Gasteiger partial charge in [-0.05, 0) is 141 Å². The Morgan fingerprint density at radius 1 is 0.264 bits per heavy atom. The Bertz CT molecular complexity index is 3730. The zero-order valence-electron chi connectivity index (χ0n) is 75.5. The number of aliphatic hydroxyl groups excluding tert-OH is 1. The average molecular weight is 1780 g/mol. The van der Waals surface area contributed by atoms with Crippen molar-refractivity contribution in [2.45, 2.75) is 331 Å². The second kappa shape index (κ2) is 55.9. The number of carbonyl (C=O) groups excluding carboxylic acids is 17. The van der Waals surface area contributed by atoms with Gasteiger partial charge in [-0.25, -0.2) is 4.79 Å². The molecule has 0 aliphatic rings. The van der Waals surface area contributed by atoms with Crippen molar-refractivity contribution in [2.24, 2.45) is 52.9 Å². The van der Waals surface area contributed by atoms with Crippen molar-refractivity contribution in [2.75, 3.05) is 6.54 Å². The van der Waals surface area contributed by atoms with E-state index in [0.29, 0.717) is 12.8 Å². The Morgan fingerprint density at radius 3 is 0.840 bits per heavy atom. The maximum Gasteiger partial charge on any atom is 0.326 e. The molecule has 0 aromatic carbocycles. The number of hydrogen-bond acceptors (Lipinski definition) is 24. The first-order valence-electron chi connectivity index (χ1n) is 42.0. The summed E-state index contributed by atoms with van der Waals surface area (Å²) in [4.78, 5) is 280. The second-order valence-corrected chi connectivity index (χ2v) is 33.5. The largest absolute Gasteiger partial charge is 0.481 e. The smallest absolute Gasteiger partial charge is 0.326 e. The summed E-state index contributed by atoms with van der Waals surface area (Å²) in [5, 5.41) is 90.4. The van der Waals surface area contributed by atoms with Crippen molar-refractivity contribution >= 4 is 124 Å². The summed E-state index contributed by atoms with van der Waals surface area (Å²) >= 11 is 0. The van der Waals surface area contributed by atoms with E-state index in [1.54, 1.807) is 69.2 Å². The summed E-state index contributed by atoms with van der Waals surface area (Å²) in [6, 6.07) is -26.0. The Balaban J connectivity index is 6.53. The van der Waals surface area contributed by atoms with E-state index in [0.717, 1.165) is 6.92 Å². The molecule has 20 atom stereocenters. The molecule has 0 aliphatic carbocycles. The summed E-state index contributed by atoms with van der Waals surface area (Å²) in [7, 11) is 0. The number of unbranched alkanes of at least 4 members (excludes halogenated alkanes) is 1. The van der Waals surface area contributed by atoms with Crippen LogP contribution >= 0.6 is 0 Å². The predicted octanol–water partition coefficient (Wildman–Crippen LogP) is -4.76. The van der Waals surface area contributed by atoms with E-state index in [-0.39, 0.29) is 38.1 Å². The number of nitrogens with two attached hydrogens (primary N) is 2. The topological polar surface area (TPSA) is 716 Å². The first kappa shape index (κ1) is 114. The van der Waals surface area contributed by atoms with Crippen molar-refractivity contribution in [3.05, 3.63) is 0 Å². The minimum atomic E-state index is -1.82. The lowest BCUT2D eigenvalue weighted by Gasteiger charge is -2.31. The standard InChI is InChI=1S/C80H139N19O26/c1-22-40(14)61(78(122)99-62(47(21)100)79(123)88-42(16)64(108)84-45(19)67(111)93-57(36(6)7)75(119)91-49(25-23-24-32-81)70(114)85-46(20)68(112)97-60(39(12)13)80(124)125)98-77(121)59(38(10)11)96-72(116)51(28-31-55(105)106)90-66(110)44(18)86-73(117)52(33-34(2)3)92-76(120)58(37(8)9)95-71(115)50(27-30-54(103)104)89-65(109)43(17)83-63(107)41(15)87-74(118)56(35(4)5)94-69(113)48(82)26-29-53(101)102/h34-52,56-62,100H,22-33,81-82H2,1-21H3,(H,83,107)(H,84,108)(H,85,114)(H,86,117)(H,87,118)(H,88,123)(H,89,109)(H,90,110)(H,91,119)(H,92,120)(H,93,111)(H,94,113)(H,95,115)(H,96,116)(H,97,112)(H,98,121)(H,99,122)(H,101,102)(H,103,104)(H,105,106)(H,124,125)/t40-,41-,42-,43-,44-,45-,46-,47+,48-,49-,50-,51-,52-,56-,57-,58-,59-,60-,61-,62-/m0/s1. The summed E-state index contributed by atoms with van der Waals surface area (Å²) in [5.41, 5.74) is 11.5. The number of carboxylic acid groups (broad SMARTS) is 4. The zero-order valence-corrected chi connectivity index (χ0v) is 75.5. The van der Waals surface area contributed by atoms with Gasteiger partial charge in [-0.2, -0.15) is 0 Å². The maximum atomic E-state index is 14.4. The van der Waals surface area contributed by atoms with Crippen LogP contribution in [0.25, 0.3) is 0 Å². The van der Waals surface area contributed by atoms with Crippen LogP contribution in [0.15, 0.2) is 0 Å². The third kappa shape index (κ3) is 41.4. The highest BCUT2D eigenvalue weighted by molar-refractivity contribution is 6.02. The fourth-order valence-electron chi connectivity index (χ4n) is 11.9. The number of hydrogen-bond donors (Lipinski definition) is 24. The van der Waals surface area contributed by atoms with Crippen LogP contribution in [0.2, 0.25) is 0 Å². The molecule has 0 fully saturated rings. The molecule has 0 saturated carbocycles. The molecule has 0 aromatic rings. The van der Waals surface area contributed by atoms with Gasteiger partial charge < -0.3 is 127 Å². The van der Waals surface area contributed by atoms with Crippen molar-refractivity contribution in [1.29, 1.82) is 0 Å². The third-order valence-corrected chi connectivity index (χ3v) is 20.1. The van der Waals surface area contributed by atoms with Crippen molar-refractivity contribution in [3.8, 4) is 0 Å². The molecule has 0 rings (SSSR count). The second-order valence-electron chi connectivity index (χ2n) is 33.5. The van der Waals surface area contributed by atoms with E-state index in [1.807, 2.05) is 0 Å². The van der Waals surface area contributed by atoms with E-state index in [4.69, 9.17) is 16.6 Å². The van der Waals surface area contributed by atoms with Gasteiger partial charge in [0.05, 0.1) is 12.1 Å². The summed E-state index contributed by atoms with van der Waals surface area (Å²) in [6.07, 6.45) is -3.92. The van der Waals surface area contributed by atoms with Gasteiger partial charge in [0.1, 0.15) is 103 Å². The summed E-state index contributed by atoms with van der Waals surface area (Å²) in [6.45, 7) is 30.9. The SMILES string of the molecule is CC[C@H](C)[C@H](NC(=O)[C@@H](NC(=O)[C@H](CCC(=O)O)NC(=O)[C@H](C)NC(=O)[C@H](CC(C)C)NC(=O)[C@@H](NC(=O)[C@H](CCC(=O)O)NC(=O)[C@H](C)NC(=O)[C@H](C)NC(=O)[C@@H](NC(=O)[C@@H](N)CCC(=O)O)C(C)C)C(C)C)C(C)C)C(=O)N[C@H](C(=O)N[C@@H](C)C(=O)N[C@@H](C)C(=O)N[C@H](C(=O)N[C@@H](CCCCN)C(=O)N[C@@H](C)C(=O)N[C@H](C(=O)O)C(C)C)C(C)C)[C@@H](C)O. The van der Waals surface area contributed by atoms with E-state index < -0.39 is 307 Å². The Morgan fingerprint density at radius 2 is 0.504 bits per heavy atom. The number of carboxylic acids is 4. The fraction of sp³-hybridized carbons (Fsp3) is 0.738. The lowest BCUT2D eigenvalue weighted by molar-refractivity contribution is -0.143. The zero-order chi connectivity index (χ0) is 96.6. The summed E-state index contributed by atoms with van der Waals surface area (Å²) in [5.74, 6) is -25.8. The molecule has 45 nitrogen and oxygen atoms in total. The number of amides is 17. The molecule has 17 amide bonds. The molecule has 0 heterocycles. The number of aliphatic carboxylic acids is 4. The van der Waals surface area contributed by atoms with Gasteiger partial charge in [0, 0.05) is 19.3 Å². The average Bonchev–Trinajstić information content (AvgIpc) is 0.843. The molecule has 125 heavy (non-hydrogen) atoms. The molecule has 710 valence electrons. The van der Waals surface area contributed by atoms with Gasteiger partial charge in [0.2, 0.25) is 100 Å². The quantitative estimate of drug-likeness (QED) is 0.0254. The molecular formula is C80H139N19O26. The van der Waals surface area contributed by atoms with Crippen LogP contribution < -0.4 is 102 Å². The Kier molecular flexibility index (Phi) is 50.8. The lowest BCUT2D eigenvalue weighted by atomic mass is 9.95. The number of carbonyl (C=O) groups is 21. The fourth-order valence-corrected chi connectivity index (χ4v) is 11.9. The monoisotopic (exact) mass is 1780 g/mol. The van der Waals surface area contributed by atoms with Crippen molar-refractivity contribution < 1.29 is 126 Å². The van der Waals surface area contributed by atoms with Crippen LogP contribution in [-0.4, -0.2) is 271 Å². The molecule has 0 radical (unpaired) electrons. The molecule has 0 saturated heterocycles. The van der Waals surface area contributed by atoms with Crippen LogP contribution in [-0.2, 0) is 101 Å². The molecule has 0 spiro atoms. The van der Waals surface area contributed by atoms with E-state index >= 15 is 0 Å². The first-order chi connectivity index (χ1) is 57.8. The van der Waals surface area contributed by atoms with E-state index in [1.165, 1.54) is 69.2 Å². The molecule has 0 unspecified atom stereocenters. The predicted molar refractivity (Wildman–Crippen MR) is 451 cm³/mol. The number of nitrogens with one attached hydrogen (secondary N) is 17. The first-order valence-corrected chi connectivity index (χ1v) is 42.0. The molecule has 0 bridgehead atoms. The molecule has 0 aromatic heterocycles. The third-order valence-electron chi connectivity index (χ3n) is 20.1. The van der Waals surface area contributed by atoms with Crippen LogP contribution in [0, 0.1) is 41.4 Å². The van der Waals surface area contributed by atoms with Crippen LogP contribution in [0.5, 0.6) is 0 Å². The van der Waals surface area contributed by atoms with Crippen LogP contribution in [0.3, 0.4) is 0 Å². The molecule has 0 aliphatic heterocycles. The highest BCUT2D eigenvalue weighted by atomic mass is 16.4. The highest BCUT2D eigenvalue weighted by Crippen LogP contribution is 2.17. The van der Waals surface area contributed by atoms with Gasteiger partial charge >= 0.3 is 23.9 Å². The summed E-state index contributed by atoms with van der Waals surface area (Å²) < 4.78 is 0. The number of rotatable bonds is 58.